The van der Waals surface area contributed by atoms with Gasteiger partial charge in [0.15, 0.2) is 5.65 Å². The van der Waals surface area contributed by atoms with Gasteiger partial charge in [0, 0.05) is 36.7 Å². The summed E-state index contributed by atoms with van der Waals surface area (Å²) in [7, 11) is 0. The molecule has 1 aliphatic carbocycles. The van der Waals surface area contributed by atoms with Crippen LogP contribution in [0.25, 0.3) is 16.9 Å². The van der Waals surface area contributed by atoms with Crippen LogP contribution in [0.3, 0.4) is 0 Å². The standard InChI is InChI=1S/C31H37ClFN5O4/c1-30(2,3)21-15-24(20-10-11-23(33)22(32)14-20)35-38-16-25(34-26(21)38)28(40)37-13-12-36(17-31(37,4)5)27(39)18-6-8-19(9-7-18)29(41)42/h10-11,14-16,18-19H,6-9,12-13,17H2,1-5H3,(H,41,42)/t18-,19-. The summed E-state index contributed by atoms with van der Waals surface area (Å²) in [5.41, 5.74) is 1.94. The number of carbonyl (C=O) groups excluding carboxylic acids is 2. The van der Waals surface area contributed by atoms with Crippen molar-refractivity contribution < 1.29 is 23.9 Å². The van der Waals surface area contributed by atoms with Crippen LogP contribution in [-0.2, 0) is 15.0 Å². The molecule has 1 aliphatic heterocycles. The average Bonchev–Trinajstić information content (AvgIpc) is 3.36. The average molecular weight is 598 g/mol. The van der Waals surface area contributed by atoms with Gasteiger partial charge in [0.2, 0.25) is 5.91 Å². The first-order valence-electron chi connectivity index (χ1n) is 14.4. The van der Waals surface area contributed by atoms with Crippen LogP contribution in [0, 0.1) is 17.7 Å². The van der Waals surface area contributed by atoms with E-state index in [4.69, 9.17) is 21.7 Å². The molecule has 0 spiro atoms. The number of aromatic nitrogens is 3. The van der Waals surface area contributed by atoms with Crippen LogP contribution in [0.15, 0.2) is 30.5 Å². The third-order valence-electron chi connectivity index (χ3n) is 8.55. The molecule has 42 heavy (non-hydrogen) atoms. The predicted octanol–water partition coefficient (Wildman–Crippen LogP) is 5.44. The lowest BCUT2D eigenvalue weighted by atomic mass is 9.81. The largest absolute Gasteiger partial charge is 0.481 e. The van der Waals surface area contributed by atoms with Crippen LogP contribution in [0.2, 0.25) is 5.02 Å². The minimum Gasteiger partial charge on any atom is -0.481 e. The van der Waals surface area contributed by atoms with E-state index in [1.807, 2.05) is 45.6 Å². The number of aliphatic carboxylic acids is 1. The Balaban J connectivity index is 1.38. The highest BCUT2D eigenvalue weighted by atomic mass is 35.5. The van der Waals surface area contributed by atoms with E-state index in [-0.39, 0.29) is 39.8 Å². The fraction of sp³-hybridized carbons (Fsp3) is 0.516. The van der Waals surface area contributed by atoms with Gasteiger partial charge >= 0.3 is 5.97 Å². The maximum Gasteiger partial charge on any atom is 0.306 e. The van der Waals surface area contributed by atoms with Crippen molar-refractivity contribution in [3.63, 3.8) is 0 Å². The van der Waals surface area contributed by atoms with Gasteiger partial charge < -0.3 is 14.9 Å². The van der Waals surface area contributed by atoms with Gasteiger partial charge in [-0.2, -0.15) is 5.10 Å². The van der Waals surface area contributed by atoms with E-state index in [1.165, 1.54) is 12.1 Å². The van der Waals surface area contributed by atoms with Crippen LogP contribution < -0.4 is 0 Å². The molecule has 2 aromatic heterocycles. The number of imidazole rings is 1. The lowest BCUT2D eigenvalue weighted by molar-refractivity contribution is -0.147. The molecular weight excluding hydrogens is 561 g/mol. The molecule has 3 aromatic rings. The monoisotopic (exact) mass is 597 g/mol. The van der Waals surface area contributed by atoms with Crippen molar-refractivity contribution in [1.29, 1.82) is 0 Å². The van der Waals surface area contributed by atoms with E-state index in [0.29, 0.717) is 62.2 Å². The van der Waals surface area contributed by atoms with Crippen LogP contribution in [-0.4, -0.2) is 72.5 Å². The van der Waals surface area contributed by atoms with E-state index in [9.17, 15) is 23.9 Å². The molecule has 1 aromatic carbocycles. The van der Waals surface area contributed by atoms with E-state index >= 15 is 0 Å². The molecule has 2 fully saturated rings. The highest BCUT2D eigenvalue weighted by Gasteiger charge is 2.41. The summed E-state index contributed by atoms with van der Waals surface area (Å²) in [6.45, 7) is 11.2. The summed E-state index contributed by atoms with van der Waals surface area (Å²) >= 11 is 6.04. The molecule has 2 aliphatic rings. The maximum absolute atomic E-state index is 13.9. The third-order valence-corrected chi connectivity index (χ3v) is 8.84. The summed E-state index contributed by atoms with van der Waals surface area (Å²) < 4.78 is 15.4. The van der Waals surface area contributed by atoms with Crippen molar-refractivity contribution in [2.75, 3.05) is 19.6 Å². The van der Waals surface area contributed by atoms with Crippen LogP contribution in [0.1, 0.15) is 76.4 Å². The van der Waals surface area contributed by atoms with Crippen LogP contribution in [0.5, 0.6) is 0 Å². The number of hydrogen-bond donors (Lipinski definition) is 1. The van der Waals surface area contributed by atoms with Crippen LogP contribution >= 0.6 is 11.6 Å². The number of fused-ring (bicyclic) bond motifs is 1. The zero-order valence-electron chi connectivity index (χ0n) is 24.7. The molecule has 5 rings (SSSR count). The quantitative estimate of drug-likeness (QED) is 0.429. The Morgan fingerprint density at radius 2 is 1.71 bits per heavy atom. The van der Waals surface area contributed by atoms with Crippen molar-refractivity contribution in [1.82, 2.24) is 24.4 Å². The second-order valence-electron chi connectivity index (χ2n) is 13.1. The summed E-state index contributed by atoms with van der Waals surface area (Å²) in [6, 6.07) is 6.35. The number of benzene rings is 1. The molecule has 11 heteroatoms. The SMILES string of the molecule is CC(C)(C)c1cc(-c2ccc(F)c(Cl)c2)nn2cc(C(=O)N3CCN(C(=O)[C@H]4CC[C@H](C(=O)O)CC4)CC3(C)C)nc12. The number of nitrogens with zero attached hydrogens (tertiary/aromatic N) is 5. The molecule has 0 radical (unpaired) electrons. The van der Waals surface area contributed by atoms with Crippen molar-refractivity contribution >= 4 is 35.0 Å². The number of rotatable bonds is 4. The molecule has 2 amide bonds. The Bertz CT molecular complexity index is 1550. The number of halogens is 2. The Hall–Kier alpha value is -3.53. The highest BCUT2D eigenvalue weighted by molar-refractivity contribution is 6.31. The topological polar surface area (TPSA) is 108 Å². The Morgan fingerprint density at radius 1 is 1.05 bits per heavy atom. The smallest absolute Gasteiger partial charge is 0.306 e. The van der Waals surface area contributed by atoms with Gasteiger partial charge in [-0.25, -0.2) is 13.9 Å². The predicted molar refractivity (Wildman–Crippen MR) is 157 cm³/mol. The van der Waals surface area contributed by atoms with Gasteiger partial charge in [-0.1, -0.05) is 32.4 Å². The van der Waals surface area contributed by atoms with Gasteiger partial charge in [-0.05, 0) is 69.2 Å². The summed E-state index contributed by atoms with van der Waals surface area (Å²) in [6.07, 6.45) is 3.80. The first kappa shape index (κ1) is 29.9. The number of hydrogen-bond acceptors (Lipinski definition) is 5. The van der Waals surface area contributed by atoms with Gasteiger partial charge in [0.1, 0.15) is 11.5 Å². The molecule has 0 bridgehead atoms. The van der Waals surface area contributed by atoms with Gasteiger partial charge in [-0.3, -0.25) is 14.4 Å². The first-order valence-corrected chi connectivity index (χ1v) is 14.7. The summed E-state index contributed by atoms with van der Waals surface area (Å²) in [5, 5.41) is 14.0. The number of piperazine rings is 1. The minimum atomic E-state index is -0.790. The maximum atomic E-state index is 13.9. The van der Waals surface area contributed by atoms with Crippen molar-refractivity contribution in [3.8, 4) is 11.3 Å². The summed E-state index contributed by atoms with van der Waals surface area (Å²) in [4.78, 5) is 46.8. The second-order valence-corrected chi connectivity index (χ2v) is 13.5. The molecular formula is C31H37ClFN5O4. The Morgan fingerprint density at radius 3 is 2.31 bits per heavy atom. The number of carboxylic acids is 1. The zero-order valence-corrected chi connectivity index (χ0v) is 25.4. The normalized spacial score (nSPS) is 21.0. The number of carbonyl (C=O) groups is 3. The molecule has 0 atom stereocenters. The lowest BCUT2D eigenvalue weighted by Crippen LogP contribution is -2.62. The lowest BCUT2D eigenvalue weighted by Gasteiger charge is -2.47. The molecule has 1 saturated heterocycles. The van der Waals surface area contributed by atoms with Crippen molar-refractivity contribution in [2.24, 2.45) is 11.8 Å². The Kier molecular flexibility index (Phi) is 7.81. The van der Waals surface area contributed by atoms with Gasteiger partial charge in [0.25, 0.3) is 5.91 Å². The van der Waals surface area contributed by atoms with Crippen molar-refractivity contribution in [2.45, 2.75) is 71.3 Å². The molecule has 3 heterocycles. The Labute approximate surface area is 249 Å². The van der Waals surface area contributed by atoms with E-state index < -0.39 is 17.3 Å². The highest BCUT2D eigenvalue weighted by Crippen LogP contribution is 2.34. The molecule has 224 valence electrons. The van der Waals surface area contributed by atoms with Gasteiger partial charge in [-0.15, -0.1) is 0 Å². The fourth-order valence-corrected chi connectivity index (χ4v) is 6.31. The minimum absolute atomic E-state index is 0.000927. The fourth-order valence-electron chi connectivity index (χ4n) is 6.13. The molecule has 9 nitrogen and oxygen atoms in total. The van der Waals surface area contributed by atoms with Gasteiger partial charge in [0.05, 0.1) is 28.4 Å². The third kappa shape index (κ3) is 5.73. The number of amides is 2. The number of carboxylic acid groups (broad SMARTS) is 1. The molecule has 0 unspecified atom stereocenters. The first-order chi connectivity index (χ1) is 19.7. The van der Waals surface area contributed by atoms with Crippen molar-refractivity contribution in [3.05, 3.63) is 52.6 Å². The van der Waals surface area contributed by atoms with E-state index in [0.717, 1.165) is 5.56 Å². The van der Waals surface area contributed by atoms with E-state index in [2.05, 4.69) is 0 Å². The zero-order chi connectivity index (χ0) is 30.6. The summed E-state index contributed by atoms with van der Waals surface area (Å²) in [5.74, 6) is -2.05. The second kappa shape index (κ2) is 10.9. The molecule has 1 N–H and O–H groups in total. The molecule has 1 saturated carbocycles. The van der Waals surface area contributed by atoms with E-state index in [1.54, 1.807) is 21.7 Å². The van der Waals surface area contributed by atoms with Crippen LogP contribution in [0.4, 0.5) is 4.39 Å².